The van der Waals surface area contributed by atoms with Gasteiger partial charge in [0.15, 0.2) is 23.3 Å². The Labute approximate surface area is 182 Å². The number of rotatable bonds is 7. The number of hydrogen-bond acceptors (Lipinski definition) is 0. The highest BCUT2D eigenvalue weighted by Crippen LogP contribution is 2.45. The SMILES string of the molecule is CCCCCC1CC=C(c2cc3c(c(F)c2F)-c2c(cc(CCC)c(F)c2F)C3)CC1. The highest BCUT2D eigenvalue weighted by Gasteiger charge is 2.32. The molecule has 1 unspecified atom stereocenters. The first-order valence-electron chi connectivity index (χ1n) is 11.7. The monoisotopic (exact) mass is 430 g/mol. The second-order valence-corrected chi connectivity index (χ2v) is 9.08. The number of allylic oxidation sites excluding steroid dienone is 2. The van der Waals surface area contributed by atoms with Crippen molar-refractivity contribution in [1.29, 1.82) is 0 Å². The molecule has 0 amide bonds. The fraction of sp³-hybridized carbons (Fsp3) is 0.481. The zero-order valence-corrected chi connectivity index (χ0v) is 18.4. The molecule has 2 aliphatic rings. The summed E-state index contributed by atoms with van der Waals surface area (Å²) in [6.07, 6.45) is 10.9. The van der Waals surface area contributed by atoms with Crippen molar-refractivity contribution >= 4 is 5.57 Å². The molecule has 0 aromatic heterocycles. The summed E-state index contributed by atoms with van der Waals surface area (Å²) in [5.74, 6) is -3.39. The van der Waals surface area contributed by atoms with Crippen molar-refractivity contribution in [1.82, 2.24) is 0 Å². The Bertz CT molecular complexity index is 1020. The number of halogens is 4. The summed E-state index contributed by atoms with van der Waals surface area (Å²) < 4.78 is 59.5. The van der Waals surface area contributed by atoms with Gasteiger partial charge in [-0.25, -0.2) is 17.6 Å². The van der Waals surface area contributed by atoms with E-state index >= 15 is 8.78 Å². The summed E-state index contributed by atoms with van der Waals surface area (Å²) in [6.45, 7) is 4.08. The topological polar surface area (TPSA) is 0 Å². The smallest absolute Gasteiger partial charge is 0.167 e. The van der Waals surface area contributed by atoms with E-state index in [0.717, 1.165) is 24.8 Å². The largest absolute Gasteiger partial charge is 0.203 e. The average Bonchev–Trinajstić information content (AvgIpc) is 3.14. The minimum Gasteiger partial charge on any atom is -0.203 e. The molecule has 0 heterocycles. The fourth-order valence-electron chi connectivity index (χ4n) is 5.20. The Balaban J connectivity index is 1.66. The van der Waals surface area contributed by atoms with Gasteiger partial charge >= 0.3 is 0 Å². The molecule has 166 valence electrons. The molecule has 1 atom stereocenters. The molecule has 0 saturated heterocycles. The standard InChI is InChI=1S/C27H30F4/c1-3-5-6-8-16-9-11-17(12-10-16)21-15-20-14-19-13-18(7-4-2)24(28)26(30)22(19)23(20)27(31)25(21)29/h11,13,15-16H,3-10,12,14H2,1-2H3. The van der Waals surface area contributed by atoms with Crippen LogP contribution in [-0.2, 0) is 12.8 Å². The molecule has 0 nitrogen and oxygen atoms in total. The van der Waals surface area contributed by atoms with Crippen molar-refractivity contribution < 1.29 is 17.6 Å². The van der Waals surface area contributed by atoms with E-state index in [1.54, 1.807) is 12.1 Å². The van der Waals surface area contributed by atoms with Gasteiger partial charge in [-0.1, -0.05) is 58.1 Å². The van der Waals surface area contributed by atoms with Crippen LogP contribution in [0.2, 0.25) is 0 Å². The number of hydrogen-bond donors (Lipinski definition) is 0. The van der Waals surface area contributed by atoms with Crippen molar-refractivity contribution in [3.05, 3.63) is 63.7 Å². The van der Waals surface area contributed by atoms with E-state index in [2.05, 4.69) is 6.92 Å². The van der Waals surface area contributed by atoms with Crippen LogP contribution in [0, 0.1) is 29.2 Å². The van der Waals surface area contributed by atoms with E-state index < -0.39 is 23.3 Å². The van der Waals surface area contributed by atoms with Crippen LogP contribution in [0.5, 0.6) is 0 Å². The van der Waals surface area contributed by atoms with E-state index in [1.165, 1.54) is 25.7 Å². The molecule has 31 heavy (non-hydrogen) atoms. The second kappa shape index (κ2) is 9.18. The highest BCUT2D eigenvalue weighted by atomic mass is 19.2. The van der Waals surface area contributed by atoms with Gasteiger partial charge in [0, 0.05) is 16.7 Å². The van der Waals surface area contributed by atoms with E-state index in [4.69, 9.17) is 0 Å². The van der Waals surface area contributed by atoms with E-state index in [1.807, 2.05) is 13.0 Å². The fourth-order valence-corrected chi connectivity index (χ4v) is 5.20. The van der Waals surface area contributed by atoms with E-state index in [9.17, 15) is 8.78 Å². The molecule has 2 aliphatic carbocycles. The van der Waals surface area contributed by atoms with E-state index in [-0.39, 0.29) is 16.7 Å². The van der Waals surface area contributed by atoms with Crippen LogP contribution >= 0.6 is 0 Å². The Morgan fingerprint density at radius 2 is 1.55 bits per heavy atom. The first-order chi connectivity index (χ1) is 15.0. The van der Waals surface area contributed by atoms with Gasteiger partial charge in [0.25, 0.3) is 0 Å². The molecular formula is C27H30F4. The maximum atomic E-state index is 15.1. The third kappa shape index (κ3) is 4.06. The molecular weight excluding hydrogens is 400 g/mol. The van der Waals surface area contributed by atoms with Crippen molar-refractivity contribution in [2.45, 2.75) is 78.1 Å². The number of benzene rings is 2. The van der Waals surface area contributed by atoms with Crippen LogP contribution in [0.3, 0.4) is 0 Å². The summed E-state index contributed by atoms with van der Waals surface area (Å²) in [7, 11) is 0. The van der Waals surface area contributed by atoms with E-state index in [0.29, 0.717) is 41.9 Å². The van der Waals surface area contributed by atoms with Crippen LogP contribution in [0.4, 0.5) is 17.6 Å². The minimum atomic E-state index is -1.06. The van der Waals surface area contributed by atoms with Gasteiger partial charge in [0.05, 0.1) is 0 Å². The second-order valence-electron chi connectivity index (χ2n) is 9.08. The first-order valence-corrected chi connectivity index (χ1v) is 11.7. The van der Waals surface area contributed by atoms with Gasteiger partial charge in [-0.15, -0.1) is 0 Å². The normalized spacial score (nSPS) is 17.5. The van der Waals surface area contributed by atoms with Crippen molar-refractivity contribution in [2.24, 2.45) is 5.92 Å². The van der Waals surface area contributed by atoms with Gasteiger partial charge in [-0.2, -0.15) is 0 Å². The lowest BCUT2D eigenvalue weighted by molar-refractivity contribution is 0.427. The summed E-state index contributed by atoms with van der Waals surface area (Å²) >= 11 is 0. The van der Waals surface area contributed by atoms with Crippen LogP contribution in [0.1, 0.15) is 87.5 Å². The average molecular weight is 431 g/mol. The van der Waals surface area contributed by atoms with Crippen LogP contribution in [-0.4, -0.2) is 0 Å². The summed E-state index contributed by atoms with van der Waals surface area (Å²) in [6, 6.07) is 3.28. The summed E-state index contributed by atoms with van der Waals surface area (Å²) in [5.41, 5.74) is 2.29. The summed E-state index contributed by atoms with van der Waals surface area (Å²) in [5, 5.41) is 0. The molecule has 0 bridgehead atoms. The predicted octanol–water partition coefficient (Wildman–Crippen LogP) is 8.53. The van der Waals surface area contributed by atoms with Gasteiger partial charge < -0.3 is 0 Å². The van der Waals surface area contributed by atoms with Gasteiger partial charge in [0.2, 0.25) is 0 Å². The molecule has 2 aromatic rings. The van der Waals surface area contributed by atoms with Crippen LogP contribution in [0.15, 0.2) is 18.2 Å². The Morgan fingerprint density at radius 1 is 0.839 bits per heavy atom. The van der Waals surface area contributed by atoms with Gasteiger partial charge in [-0.05, 0) is 66.4 Å². The Morgan fingerprint density at radius 3 is 2.19 bits per heavy atom. The quantitative estimate of drug-likeness (QED) is 0.260. The molecule has 2 aromatic carbocycles. The first kappa shape index (κ1) is 22.1. The molecule has 0 fully saturated rings. The maximum absolute atomic E-state index is 15.1. The molecule has 0 N–H and O–H groups in total. The minimum absolute atomic E-state index is 0.107. The molecule has 0 spiro atoms. The van der Waals surface area contributed by atoms with Gasteiger partial charge in [0.1, 0.15) is 0 Å². The number of aryl methyl sites for hydroxylation is 1. The van der Waals surface area contributed by atoms with Crippen molar-refractivity contribution in [2.75, 3.05) is 0 Å². The molecule has 0 radical (unpaired) electrons. The third-order valence-corrected chi connectivity index (χ3v) is 6.88. The summed E-state index contributed by atoms with van der Waals surface area (Å²) in [4.78, 5) is 0. The third-order valence-electron chi connectivity index (χ3n) is 6.88. The zero-order chi connectivity index (χ0) is 22.1. The van der Waals surface area contributed by atoms with Gasteiger partial charge in [-0.3, -0.25) is 0 Å². The molecule has 4 rings (SSSR count). The Hall–Kier alpha value is -2.10. The molecule has 0 saturated carbocycles. The lowest BCUT2D eigenvalue weighted by Crippen LogP contribution is -2.07. The Kier molecular flexibility index (Phi) is 6.55. The zero-order valence-electron chi connectivity index (χ0n) is 18.4. The van der Waals surface area contributed by atoms with Crippen LogP contribution < -0.4 is 0 Å². The predicted molar refractivity (Wildman–Crippen MR) is 118 cm³/mol. The lowest BCUT2D eigenvalue weighted by atomic mass is 9.83. The van der Waals surface area contributed by atoms with Crippen molar-refractivity contribution in [3.8, 4) is 11.1 Å². The highest BCUT2D eigenvalue weighted by molar-refractivity contribution is 5.81. The van der Waals surface area contributed by atoms with Crippen molar-refractivity contribution in [3.63, 3.8) is 0 Å². The molecule has 4 heteroatoms. The lowest BCUT2D eigenvalue weighted by Gasteiger charge is -2.23. The number of fused-ring (bicyclic) bond motifs is 3. The van der Waals surface area contributed by atoms with Crippen LogP contribution in [0.25, 0.3) is 16.7 Å². The maximum Gasteiger partial charge on any atom is 0.167 e. The molecule has 0 aliphatic heterocycles. The number of unbranched alkanes of at least 4 members (excludes halogenated alkanes) is 2.